The number of halogens is 3. The van der Waals surface area contributed by atoms with Crippen LogP contribution in [-0.2, 0) is 9.84 Å². The van der Waals surface area contributed by atoms with Crippen LogP contribution in [0.5, 0.6) is 5.75 Å². The van der Waals surface area contributed by atoms with Crippen molar-refractivity contribution in [2.75, 3.05) is 11.5 Å². The predicted octanol–water partition coefficient (Wildman–Crippen LogP) is 1.98. The lowest BCUT2D eigenvalue weighted by Crippen LogP contribution is -2.35. The lowest BCUT2D eigenvalue weighted by molar-refractivity contribution is -0.274. The van der Waals surface area contributed by atoms with Crippen LogP contribution in [0.3, 0.4) is 0 Å². The van der Waals surface area contributed by atoms with Crippen molar-refractivity contribution in [3.8, 4) is 5.75 Å². The third kappa shape index (κ3) is 3.81. The van der Waals surface area contributed by atoms with Gasteiger partial charge in [-0.15, -0.1) is 13.2 Å². The molecule has 1 saturated heterocycles. The van der Waals surface area contributed by atoms with Gasteiger partial charge in [0.15, 0.2) is 9.84 Å². The summed E-state index contributed by atoms with van der Waals surface area (Å²) in [7, 11) is -3.12. The standard InChI is InChI=1S/C14H13F3N2O4S/c15-14(16,17)23-10-2-1-8-5-12(19-11(8)6-10)13(20)18-9-3-4-24(21,22)7-9/h1-2,5-6,9,19H,3-4,7H2,(H,18,20)/t9-/m1/s1. The van der Waals surface area contributed by atoms with Crippen LogP contribution in [0.1, 0.15) is 16.9 Å². The summed E-state index contributed by atoms with van der Waals surface area (Å²) in [5, 5.41) is 3.14. The van der Waals surface area contributed by atoms with E-state index in [1.807, 2.05) is 0 Å². The van der Waals surface area contributed by atoms with Gasteiger partial charge in [0.25, 0.3) is 5.91 Å². The number of carbonyl (C=O) groups excluding carboxylic acids is 1. The van der Waals surface area contributed by atoms with Crippen LogP contribution in [-0.4, -0.2) is 43.2 Å². The minimum absolute atomic E-state index is 0.0305. The van der Waals surface area contributed by atoms with Gasteiger partial charge < -0.3 is 15.0 Å². The monoisotopic (exact) mass is 362 g/mol. The second kappa shape index (κ2) is 5.69. The van der Waals surface area contributed by atoms with Gasteiger partial charge in [0, 0.05) is 23.0 Å². The Balaban J connectivity index is 1.76. The molecule has 1 atom stereocenters. The summed E-state index contributed by atoms with van der Waals surface area (Å²) in [4.78, 5) is 14.9. The molecule has 0 bridgehead atoms. The van der Waals surface area contributed by atoms with Crippen LogP contribution in [0.2, 0.25) is 0 Å². The van der Waals surface area contributed by atoms with E-state index in [0.29, 0.717) is 17.3 Å². The van der Waals surface area contributed by atoms with Crippen molar-refractivity contribution in [3.05, 3.63) is 30.0 Å². The number of fused-ring (bicyclic) bond motifs is 1. The van der Waals surface area contributed by atoms with E-state index < -0.39 is 33.9 Å². The normalized spacial score (nSPS) is 20.2. The molecule has 0 aliphatic carbocycles. The van der Waals surface area contributed by atoms with Crippen molar-refractivity contribution < 1.29 is 31.1 Å². The summed E-state index contributed by atoms with van der Waals surface area (Å²) in [5.41, 5.74) is 0.444. The zero-order valence-electron chi connectivity index (χ0n) is 12.2. The van der Waals surface area contributed by atoms with Crippen LogP contribution in [0, 0.1) is 0 Å². The van der Waals surface area contributed by atoms with E-state index in [4.69, 9.17) is 0 Å². The molecule has 1 aromatic heterocycles. The molecule has 130 valence electrons. The number of ether oxygens (including phenoxy) is 1. The SMILES string of the molecule is O=C(N[C@@H]1CCS(=O)(=O)C1)c1cc2ccc(OC(F)(F)F)cc2[nH]1. The molecule has 2 heterocycles. The Bertz CT molecular complexity index is 889. The zero-order valence-corrected chi connectivity index (χ0v) is 13.0. The first-order valence-electron chi connectivity index (χ1n) is 7.01. The molecule has 1 fully saturated rings. The molecule has 2 N–H and O–H groups in total. The van der Waals surface area contributed by atoms with Gasteiger partial charge in [0.1, 0.15) is 11.4 Å². The van der Waals surface area contributed by atoms with Gasteiger partial charge in [0.2, 0.25) is 0 Å². The summed E-state index contributed by atoms with van der Waals surface area (Å²) < 4.78 is 63.3. The molecule has 0 unspecified atom stereocenters. The Morgan fingerprint density at radius 3 is 2.67 bits per heavy atom. The Morgan fingerprint density at radius 1 is 1.29 bits per heavy atom. The number of amides is 1. The van der Waals surface area contributed by atoms with Crippen molar-refractivity contribution in [1.29, 1.82) is 0 Å². The molecule has 0 spiro atoms. The van der Waals surface area contributed by atoms with Crippen molar-refractivity contribution >= 4 is 26.6 Å². The molecule has 0 radical (unpaired) electrons. The Hall–Kier alpha value is -2.23. The molecule has 1 amide bonds. The fourth-order valence-corrected chi connectivity index (χ4v) is 4.27. The predicted molar refractivity (Wildman–Crippen MR) is 79.5 cm³/mol. The van der Waals surface area contributed by atoms with Crippen LogP contribution in [0.25, 0.3) is 10.9 Å². The highest BCUT2D eigenvalue weighted by molar-refractivity contribution is 7.91. The molecule has 1 aromatic carbocycles. The second-order valence-corrected chi connectivity index (χ2v) is 7.78. The van der Waals surface area contributed by atoms with E-state index in [1.54, 1.807) is 0 Å². The maximum Gasteiger partial charge on any atom is 0.573 e. The quantitative estimate of drug-likeness (QED) is 0.874. The number of aromatic amines is 1. The van der Waals surface area contributed by atoms with E-state index in [9.17, 15) is 26.4 Å². The Labute approximate surface area is 134 Å². The molecule has 6 nitrogen and oxygen atoms in total. The summed E-state index contributed by atoms with van der Waals surface area (Å²) in [6.45, 7) is 0. The Kier molecular flexibility index (Phi) is 3.94. The third-order valence-corrected chi connectivity index (χ3v) is 5.41. The summed E-state index contributed by atoms with van der Waals surface area (Å²) in [6.07, 6.45) is -4.45. The van der Waals surface area contributed by atoms with E-state index in [-0.39, 0.29) is 17.2 Å². The highest BCUT2D eigenvalue weighted by Crippen LogP contribution is 2.26. The lowest BCUT2D eigenvalue weighted by atomic mass is 10.2. The smallest absolute Gasteiger partial charge is 0.406 e. The van der Waals surface area contributed by atoms with Gasteiger partial charge in [0.05, 0.1) is 11.5 Å². The van der Waals surface area contributed by atoms with E-state index >= 15 is 0 Å². The van der Waals surface area contributed by atoms with E-state index in [2.05, 4.69) is 15.0 Å². The first kappa shape index (κ1) is 16.6. The molecular formula is C14H13F3N2O4S. The van der Waals surface area contributed by atoms with Gasteiger partial charge in [-0.05, 0) is 24.6 Å². The lowest BCUT2D eigenvalue weighted by Gasteiger charge is -2.09. The third-order valence-electron chi connectivity index (χ3n) is 3.64. The van der Waals surface area contributed by atoms with Crippen molar-refractivity contribution in [2.24, 2.45) is 0 Å². The number of carbonyl (C=O) groups is 1. The molecule has 0 saturated carbocycles. The maximum atomic E-state index is 12.2. The number of rotatable bonds is 3. The fraction of sp³-hybridized carbons (Fsp3) is 0.357. The van der Waals surface area contributed by atoms with Gasteiger partial charge in [-0.25, -0.2) is 8.42 Å². The number of hydrogen-bond donors (Lipinski definition) is 2. The second-order valence-electron chi connectivity index (χ2n) is 5.55. The topological polar surface area (TPSA) is 88.3 Å². The fourth-order valence-electron chi connectivity index (χ4n) is 2.60. The highest BCUT2D eigenvalue weighted by Gasteiger charge is 2.31. The molecule has 10 heteroatoms. The van der Waals surface area contributed by atoms with Crippen molar-refractivity contribution in [1.82, 2.24) is 10.3 Å². The van der Waals surface area contributed by atoms with E-state index in [1.165, 1.54) is 12.1 Å². The van der Waals surface area contributed by atoms with Gasteiger partial charge >= 0.3 is 6.36 Å². The van der Waals surface area contributed by atoms with E-state index in [0.717, 1.165) is 12.1 Å². The number of H-pyrrole nitrogens is 1. The first-order valence-corrected chi connectivity index (χ1v) is 8.83. The first-order chi connectivity index (χ1) is 11.1. The molecule has 24 heavy (non-hydrogen) atoms. The number of hydrogen-bond acceptors (Lipinski definition) is 4. The minimum atomic E-state index is -4.80. The molecular weight excluding hydrogens is 349 g/mol. The zero-order chi connectivity index (χ0) is 17.5. The number of nitrogens with one attached hydrogen (secondary N) is 2. The Morgan fingerprint density at radius 2 is 2.04 bits per heavy atom. The summed E-state index contributed by atoms with van der Waals surface area (Å²) >= 11 is 0. The summed E-state index contributed by atoms with van der Waals surface area (Å²) in [5.74, 6) is -0.983. The summed E-state index contributed by atoms with van der Waals surface area (Å²) in [6, 6.07) is 4.70. The number of sulfone groups is 1. The average molecular weight is 362 g/mol. The number of aromatic nitrogens is 1. The number of alkyl halides is 3. The minimum Gasteiger partial charge on any atom is -0.406 e. The largest absolute Gasteiger partial charge is 0.573 e. The van der Waals surface area contributed by atoms with Gasteiger partial charge in [-0.3, -0.25) is 4.79 Å². The van der Waals surface area contributed by atoms with Crippen molar-refractivity contribution in [2.45, 2.75) is 18.8 Å². The molecule has 1 aliphatic rings. The van der Waals surface area contributed by atoms with Crippen molar-refractivity contribution in [3.63, 3.8) is 0 Å². The van der Waals surface area contributed by atoms with Crippen LogP contribution < -0.4 is 10.1 Å². The maximum absolute atomic E-state index is 12.2. The molecule has 2 aromatic rings. The highest BCUT2D eigenvalue weighted by atomic mass is 32.2. The average Bonchev–Trinajstić information content (AvgIpc) is 2.99. The van der Waals surface area contributed by atoms with Gasteiger partial charge in [-0.2, -0.15) is 0 Å². The van der Waals surface area contributed by atoms with Crippen LogP contribution in [0.15, 0.2) is 24.3 Å². The van der Waals surface area contributed by atoms with Crippen LogP contribution in [0.4, 0.5) is 13.2 Å². The van der Waals surface area contributed by atoms with Crippen LogP contribution >= 0.6 is 0 Å². The number of benzene rings is 1. The van der Waals surface area contributed by atoms with Gasteiger partial charge in [-0.1, -0.05) is 0 Å². The molecule has 3 rings (SSSR count). The molecule has 1 aliphatic heterocycles.